The number of benzene rings is 12. The van der Waals surface area contributed by atoms with Gasteiger partial charge < -0.3 is 19.8 Å². The fourth-order valence-electron chi connectivity index (χ4n) is 11.7. The van der Waals surface area contributed by atoms with Gasteiger partial charge in [-0.2, -0.15) is 0 Å². The van der Waals surface area contributed by atoms with Crippen molar-refractivity contribution in [1.29, 1.82) is 0 Å². The molecule has 0 amide bonds. The van der Waals surface area contributed by atoms with Crippen LogP contribution in [0.4, 0.5) is 28.4 Å². The number of nitrogens with zero attached hydrogens (tertiary/aromatic N) is 6. The van der Waals surface area contributed by atoms with Crippen molar-refractivity contribution in [2.45, 2.75) is 0 Å². The maximum atomic E-state index is 4.43. The van der Waals surface area contributed by atoms with Crippen LogP contribution in [0.3, 0.4) is 0 Å². The van der Waals surface area contributed by atoms with Gasteiger partial charge in [-0.1, -0.05) is 250 Å². The number of fused-ring (bicyclic) bond motifs is 6. The zero-order valence-electron chi connectivity index (χ0n) is 55.7. The van der Waals surface area contributed by atoms with E-state index in [-0.39, 0.29) is 0 Å². The van der Waals surface area contributed by atoms with Crippen LogP contribution in [-0.4, -0.2) is 29.5 Å². The van der Waals surface area contributed by atoms with Crippen LogP contribution in [0.15, 0.2) is 422 Å². The molecule has 492 valence electrons. The minimum atomic E-state index is 0.986. The molecular weight excluding hydrogens is 1380 g/mol. The van der Waals surface area contributed by atoms with E-state index in [0.29, 0.717) is 0 Å². The molecule has 0 fully saturated rings. The molecule has 2 N–H and O–H groups in total. The van der Waals surface area contributed by atoms with Crippen LogP contribution in [-0.2, 0) is 0 Å². The minimum Gasteiger partial charge on any atom is -0.356 e. The maximum Gasteiger partial charge on any atom is 0.0701 e. The lowest BCUT2D eigenvalue weighted by molar-refractivity contribution is 1.18. The first kappa shape index (κ1) is 67.9. The van der Waals surface area contributed by atoms with Gasteiger partial charge in [-0.15, -0.1) is 0 Å². The normalized spacial score (nSPS) is 10.5. The molecule has 12 aromatic carbocycles. The number of nitrogens with one attached hydrogen (secondary N) is 2. The standard InChI is InChI=1S/C23H16N2.C23H18N2.C12H9N.C12H11N.2C11H8BrN/c1-3-10-22-19(7-1)20-8-2-4-11-23(20)25(22)18-14-12-17(13-15-18)21-9-5-6-16-24-21;1-3-9-20(10-4-1)25(21-11-5-2-6-12-21)22-16-14-19(15-17-22)23-13-7-8-18-24-23;1-3-7-11-9(5-1)10-6-2-4-8-12(10)13-11;1-3-7-11(8-4-1)13-12-9-5-2-6-10-12;2*12-10-6-4-9(5-7-10)11-3-1-2-8-13-11/h1-16H;1-18H;1-8,13H;1-10,13H;2*1-8H. The molecule has 0 bridgehead atoms. The van der Waals surface area contributed by atoms with Crippen LogP contribution in [0, 0.1) is 0 Å². The van der Waals surface area contributed by atoms with Gasteiger partial charge in [-0.25, -0.2) is 0 Å². The van der Waals surface area contributed by atoms with Crippen molar-refractivity contribution < 1.29 is 0 Å². The van der Waals surface area contributed by atoms with E-state index in [4.69, 9.17) is 0 Å². The quantitative estimate of drug-likeness (QED) is 0.142. The summed E-state index contributed by atoms with van der Waals surface area (Å²) >= 11 is 6.80. The SMILES string of the molecule is Brc1ccc(-c2ccccn2)cc1.Brc1ccc(-c2ccccn2)cc1.c1ccc(-c2ccc(-n3c4ccccc4c4ccccc43)cc2)nc1.c1ccc(N(c2ccccc2)c2ccc(-c3ccccn3)cc2)cc1.c1ccc(Nc2ccccc2)cc1.c1ccc2c(c1)[nH]c1ccccc12. The zero-order valence-corrected chi connectivity index (χ0v) is 58.9. The molecule has 0 unspecified atom stereocenters. The third-order valence-corrected chi connectivity index (χ3v) is 17.7. The Balaban J connectivity index is 0.000000112. The molecule has 0 radical (unpaired) electrons. The first-order valence-electron chi connectivity index (χ1n) is 33.5. The Morgan fingerprint density at radius 1 is 0.255 bits per heavy atom. The Bertz CT molecular complexity index is 5250. The molecule has 0 saturated heterocycles. The van der Waals surface area contributed by atoms with Gasteiger partial charge in [0.25, 0.3) is 0 Å². The number of anilines is 5. The van der Waals surface area contributed by atoms with Crippen molar-refractivity contribution in [3.8, 4) is 50.7 Å². The smallest absolute Gasteiger partial charge is 0.0701 e. The number of halogens is 2. The highest BCUT2D eigenvalue weighted by Crippen LogP contribution is 2.36. The van der Waals surface area contributed by atoms with Gasteiger partial charge in [0.15, 0.2) is 0 Å². The number of rotatable bonds is 10. The average Bonchev–Trinajstić information content (AvgIpc) is 1.59. The predicted octanol–water partition coefficient (Wildman–Crippen LogP) is 25.8. The lowest BCUT2D eigenvalue weighted by Gasteiger charge is -2.25. The highest BCUT2D eigenvalue weighted by molar-refractivity contribution is 9.10. The molecule has 0 aliphatic rings. The van der Waals surface area contributed by atoms with Crippen LogP contribution in [0.2, 0.25) is 0 Å². The molecular formula is C92H70Br2N8. The molecule has 0 atom stereocenters. The van der Waals surface area contributed by atoms with Gasteiger partial charge in [-0.05, 0) is 170 Å². The van der Waals surface area contributed by atoms with E-state index in [9.17, 15) is 0 Å². The fraction of sp³-hybridized carbons (Fsp3) is 0. The first-order valence-corrected chi connectivity index (χ1v) is 35.1. The second kappa shape index (κ2) is 34.7. The molecule has 10 heteroatoms. The Morgan fingerprint density at radius 3 is 0.892 bits per heavy atom. The summed E-state index contributed by atoms with van der Waals surface area (Å²) < 4.78 is 4.51. The minimum absolute atomic E-state index is 0.986. The average molecular weight is 1450 g/mol. The van der Waals surface area contributed by atoms with Gasteiger partial charge in [0.2, 0.25) is 0 Å². The summed E-state index contributed by atoms with van der Waals surface area (Å²) in [7, 11) is 0. The molecule has 6 heterocycles. The molecule has 6 aromatic heterocycles. The summed E-state index contributed by atoms with van der Waals surface area (Å²) in [4.78, 5) is 23.0. The van der Waals surface area contributed by atoms with Crippen LogP contribution >= 0.6 is 31.9 Å². The molecule has 18 rings (SSSR count). The van der Waals surface area contributed by atoms with Crippen LogP contribution < -0.4 is 10.2 Å². The van der Waals surface area contributed by atoms with Crippen LogP contribution in [0.25, 0.3) is 94.3 Å². The summed E-state index contributed by atoms with van der Waals surface area (Å²) in [5, 5.41) is 8.48. The molecule has 102 heavy (non-hydrogen) atoms. The lowest BCUT2D eigenvalue weighted by atomic mass is 10.1. The van der Waals surface area contributed by atoms with Crippen molar-refractivity contribution in [3.05, 3.63) is 422 Å². The Kier molecular flexibility index (Phi) is 23.1. The van der Waals surface area contributed by atoms with Gasteiger partial charge in [0, 0.05) is 123 Å². The summed E-state index contributed by atoms with van der Waals surface area (Å²) in [5.74, 6) is 0. The first-order chi connectivity index (χ1) is 50.5. The third kappa shape index (κ3) is 17.8. The number of aromatic nitrogens is 6. The summed E-state index contributed by atoms with van der Waals surface area (Å²) in [6, 6.07) is 132. The van der Waals surface area contributed by atoms with Crippen molar-refractivity contribution in [3.63, 3.8) is 0 Å². The number of hydrogen-bond donors (Lipinski definition) is 2. The summed E-state index contributed by atoms with van der Waals surface area (Å²) in [6.45, 7) is 0. The molecule has 0 aliphatic heterocycles. The largest absolute Gasteiger partial charge is 0.356 e. The van der Waals surface area contributed by atoms with E-state index in [1.54, 1.807) is 12.4 Å². The second-order valence-electron chi connectivity index (χ2n) is 23.4. The Morgan fingerprint density at radius 2 is 0.539 bits per heavy atom. The van der Waals surface area contributed by atoms with E-state index in [0.717, 1.165) is 88.1 Å². The van der Waals surface area contributed by atoms with E-state index in [2.05, 4.69) is 266 Å². The monoisotopic (exact) mass is 1440 g/mol. The Labute approximate surface area is 611 Å². The van der Waals surface area contributed by atoms with E-state index in [1.165, 1.54) is 43.6 Å². The van der Waals surface area contributed by atoms with E-state index < -0.39 is 0 Å². The highest BCUT2D eigenvalue weighted by Gasteiger charge is 2.14. The topological polar surface area (TPSA) is 87.6 Å². The fourth-order valence-corrected chi connectivity index (χ4v) is 12.3. The van der Waals surface area contributed by atoms with Crippen molar-refractivity contribution >= 4 is 104 Å². The molecule has 0 aliphatic carbocycles. The van der Waals surface area contributed by atoms with Gasteiger partial charge in [-0.3, -0.25) is 19.9 Å². The lowest BCUT2D eigenvalue weighted by Crippen LogP contribution is -2.09. The van der Waals surface area contributed by atoms with Crippen molar-refractivity contribution in [2.75, 3.05) is 10.2 Å². The third-order valence-electron chi connectivity index (χ3n) is 16.6. The van der Waals surface area contributed by atoms with Gasteiger partial charge >= 0.3 is 0 Å². The van der Waals surface area contributed by atoms with E-state index >= 15 is 0 Å². The Hall–Kier alpha value is -12.6. The van der Waals surface area contributed by atoms with Crippen LogP contribution in [0.5, 0.6) is 0 Å². The van der Waals surface area contributed by atoms with Crippen molar-refractivity contribution in [1.82, 2.24) is 29.5 Å². The number of hydrogen-bond acceptors (Lipinski definition) is 6. The molecule has 0 spiro atoms. The summed E-state index contributed by atoms with van der Waals surface area (Å²) in [6.07, 6.45) is 7.26. The predicted molar refractivity (Wildman–Crippen MR) is 435 cm³/mol. The zero-order chi connectivity index (χ0) is 69.3. The van der Waals surface area contributed by atoms with Crippen LogP contribution in [0.1, 0.15) is 0 Å². The van der Waals surface area contributed by atoms with Gasteiger partial charge in [0.05, 0.1) is 33.8 Å². The summed E-state index contributed by atoms with van der Waals surface area (Å²) in [5.41, 5.74) is 20.2. The highest BCUT2D eigenvalue weighted by atomic mass is 79.9. The molecule has 18 aromatic rings. The number of pyridine rings is 4. The van der Waals surface area contributed by atoms with E-state index in [1.807, 2.05) is 207 Å². The maximum absolute atomic E-state index is 4.43. The van der Waals surface area contributed by atoms with Crippen molar-refractivity contribution in [2.24, 2.45) is 0 Å². The molecule has 8 nitrogen and oxygen atoms in total. The number of aromatic amines is 1. The number of para-hydroxylation sites is 8. The second-order valence-corrected chi connectivity index (χ2v) is 25.2. The molecule has 0 saturated carbocycles. The van der Waals surface area contributed by atoms with Gasteiger partial charge in [0.1, 0.15) is 0 Å². The number of H-pyrrole nitrogens is 1.